The molecule has 6 heteroatoms. The van der Waals surface area contributed by atoms with Crippen LogP contribution in [0, 0.1) is 6.92 Å². The number of likely N-dealkylation sites (N-methyl/N-ethyl adjacent to an activating group) is 1. The van der Waals surface area contributed by atoms with Crippen LogP contribution in [-0.4, -0.2) is 47.5 Å². The summed E-state index contributed by atoms with van der Waals surface area (Å²) in [5.74, 6) is 1.48. The molecule has 0 aliphatic carbocycles. The second kappa shape index (κ2) is 10.7. The summed E-state index contributed by atoms with van der Waals surface area (Å²) in [6, 6.07) is 20.7. The molecule has 3 aromatic carbocycles. The summed E-state index contributed by atoms with van der Waals surface area (Å²) in [5.41, 5.74) is 4.01. The highest BCUT2D eigenvalue weighted by Gasteiger charge is 2.12. The van der Waals surface area contributed by atoms with Gasteiger partial charge in [-0.2, -0.15) is 0 Å². The van der Waals surface area contributed by atoms with Gasteiger partial charge in [-0.1, -0.05) is 36.4 Å². The van der Waals surface area contributed by atoms with Gasteiger partial charge in [-0.25, -0.2) is 4.98 Å². The fourth-order valence-electron chi connectivity index (χ4n) is 4.04. The summed E-state index contributed by atoms with van der Waals surface area (Å²) in [5, 5.41) is 0.676. The van der Waals surface area contributed by atoms with Crippen LogP contribution in [0.3, 0.4) is 0 Å². The van der Waals surface area contributed by atoms with Crippen LogP contribution in [0.4, 0.5) is 0 Å². The zero-order valence-corrected chi connectivity index (χ0v) is 20.7. The molecule has 0 amide bonds. The van der Waals surface area contributed by atoms with Crippen LogP contribution in [0.25, 0.3) is 10.9 Å². The van der Waals surface area contributed by atoms with Gasteiger partial charge in [0.25, 0.3) is 5.56 Å². The second-order valence-electron chi connectivity index (χ2n) is 9.06. The van der Waals surface area contributed by atoms with E-state index in [2.05, 4.69) is 4.90 Å². The Labute approximate surface area is 205 Å². The fourth-order valence-corrected chi connectivity index (χ4v) is 4.04. The number of carbonyl (C=O) groups is 1. The van der Waals surface area contributed by atoms with E-state index >= 15 is 0 Å². The Morgan fingerprint density at radius 2 is 1.60 bits per heavy atom. The van der Waals surface area contributed by atoms with Crippen molar-refractivity contribution >= 4 is 16.7 Å². The van der Waals surface area contributed by atoms with Crippen LogP contribution >= 0.6 is 0 Å². The summed E-state index contributed by atoms with van der Waals surface area (Å²) in [6.07, 6.45) is 1.36. The van der Waals surface area contributed by atoms with E-state index in [1.54, 1.807) is 23.7 Å². The first-order chi connectivity index (χ1) is 16.8. The van der Waals surface area contributed by atoms with Crippen LogP contribution in [-0.2, 0) is 19.9 Å². The molecule has 0 spiro atoms. The highest BCUT2D eigenvalue weighted by atomic mass is 16.5. The molecule has 0 atom stereocenters. The monoisotopic (exact) mass is 469 g/mol. The standard InChI is InChI=1S/C29H31N3O3/c1-20-6-5-7-25-27(20)29(34)32(4)26(30-25)17-10-21-8-11-22(12-9-21)28(33)23-13-15-24(16-14-23)35-19-18-31(2)3/h5-9,11-16H,10,17-19H2,1-4H3. The number of nitrogens with zero attached hydrogens (tertiary/aromatic N) is 3. The van der Waals surface area contributed by atoms with E-state index in [9.17, 15) is 9.59 Å². The third-order valence-electron chi connectivity index (χ3n) is 6.18. The lowest BCUT2D eigenvalue weighted by atomic mass is 10.0. The van der Waals surface area contributed by atoms with E-state index in [1.165, 1.54) is 0 Å². The predicted octanol–water partition coefficient (Wildman–Crippen LogP) is 4.20. The lowest BCUT2D eigenvalue weighted by Gasteiger charge is -2.11. The van der Waals surface area contributed by atoms with Gasteiger partial charge in [0.1, 0.15) is 18.2 Å². The SMILES string of the molecule is Cc1cccc2nc(CCc3ccc(C(=O)c4ccc(OCCN(C)C)cc4)cc3)n(C)c(=O)c12. The molecule has 6 nitrogen and oxygen atoms in total. The zero-order valence-electron chi connectivity index (χ0n) is 20.7. The third kappa shape index (κ3) is 5.66. The largest absolute Gasteiger partial charge is 0.492 e. The van der Waals surface area contributed by atoms with E-state index in [0.29, 0.717) is 29.5 Å². The molecule has 0 unspecified atom stereocenters. The van der Waals surface area contributed by atoms with Crippen molar-refractivity contribution in [2.75, 3.05) is 27.2 Å². The molecule has 0 fully saturated rings. The van der Waals surface area contributed by atoms with Crippen LogP contribution in [0.1, 0.15) is 32.9 Å². The summed E-state index contributed by atoms with van der Waals surface area (Å²) in [7, 11) is 5.77. The quantitative estimate of drug-likeness (QED) is 0.344. The van der Waals surface area contributed by atoms with Gasteiger partial charge in [0.15, 0.2) is 5.78 Å². The van der Waals surface area contributed by atoms with Crippen LogP contribution in [0.5, 0.6) is 5.75 Å². The highest BCUT2D eigenvalue weighted by molar-refractivity contribution is 6.09. The average molecular weight is 470 g/mol. The smallest absolute Gasteiger partial charge is 0.261 e. The van der Waals surface area contributed by atoms with Crippen LogP contribution in [0.2, 0.25) is 0 Å². The zero-order chi connectivity index (χ0) is 24.9. The van der Waals surface area contributed by atoms with Crippen molar-refractivity contribution in [2.45, 2.75) is 19.8 Å². The molecule has 0 bridgehead atoms. The van der Waals surface area contributed by atoms with Gasteiger partial charge in [-0.05, 0) is 68.9 Å². The Morgan fingerprint density at radius 1 is 0.943 bits per heavy atom. The Morgan fingerprint density at radius 3 is 2.26 bits per heavy atom. The summed E-state index contributed by atoms with van der Waals surface area (Å²) in [4.78, 5) is 32.5. The molecule has 180 valence electrons. The molecule has 4 aromatic rings. The number of benzene rings is 3. The summed E-state index contributed by atoms with van der Waals surface area (Å²) in [6.45, 7) is 3.37. The number of carbonyl (C=O) groups excluding carboxylic acids is 1. The van der Waals surface area contributed by atoms with Gasteiger partial charge >= 0.3 is 0 Å². The minimum absolute atomic E-state index is 0.0156. The topological polar surface area (TPSA) is 64.4 Å². The third-order valence-corrected chi connectivity index (χ3v) is 6.18. The van der Waals surface area contributed by atoms with E-state index in [4.69, 9.17) is 9.72 Å². The van der Waals surface area contributed by atoms with Crippen molar-refractivity contribution < 1.29 is 9.53 Å². The summed E-state index contributed by atoms with van der Waals surface area (Å²) < 4.78 is 7.34. The molecule has 0 saturated carbocycles. The summed E-state index contributed by atoms with van der Waals surface area (Å²) >= 11 is 0. The van der Waals surface area contributed by atoms with Crippen molar-refractivity contribution in [2.24, 2.45) is 7.05 Å². The van der Waals surface area contributed by atoms with Gasteiger partial charge in [0.2, 0.25) is 0 Å². The number of ketones is 1. The number of fused-ring (bicyclic) bond motifs is 1. The fraction of sp³-hybridized carbons (Fsp3) is 0.276. The van der Waals surface area contributed by atoms with Gasteiger partial charge in [0, 0.05) is 31.1 Å². The molecule has 4 rings (SSSR count). The van der Waals surface area contributed by atoms with Crippen LogP contribution < -0.4 is 10.3 Å². The molecular weight excluding hydrogens is 438 g/mol. The minimum Gasteiger partial charge on any atom is -0.492 e. The molecule has 1 heterocycles. The highest BCUT2D eigenvalue weighted by Crippen LogP contribution is 2.17. The first-order valence-electron chi connectivity index (χ1n) is 11.8. The van der Waals surface area contributed by atoms with Crippen molar-refractivity contribution in [1.82, 2.24) is 14.5 Å². The van der Waals surface area contributed by atoms with Crippen LogP contribution in [0.15, 0.2) is 71.5 Å². The van der Waals surface area contributed by atoms with Crippen molar-refractivity contribution in [1.29, 1.82) is 0 Å². The minimum atomic E-state index is -0.0228. The van der Waals surface area contributed by atoms with Gasteiger partial charge < -0.3 is 9.64 Å². The number of aryl methyl sites for hydroxylation is 3. The number of hydrogen-bond donors (Lipinski definition) is 0. The Balaban J connectivity index is 1.41. The number of ether oxygens (including phenoxy) is 1. The van der Waals surface area contributed by atoms with E-state index < -0.39 is 0 Å². The maximum atomic E-state index is 12.9. The molecule has 1 aromatic heterocycles. The van der Waals surface area contributed by atoms with Gasteiger partial charge in [0.05, 0.1) is 10.9 Å². The van der Waals surface area contributed by atoms with Crippen molar-refractivity contribution in [3.05, 3.63) is 105 Å². The Hall–Kier alpha value is -3.77. The van der Waals surface area contributed by atoms with Gasteiger partial charge in [-0.3, -0.25) is 14.2 Å². The van der Waals surface area contributed by atoms with Crippen molar-refractivity contribution in [3.8, 4) is 5.75 Å². The normalized spacial score (nSPS) is 11.2. The lowest BCUT2D eigenvalue weighted by molar-refractivity contribution is 0.103. The average Bonchev–Trinajstić information content (AvgIpc) is 2.85. The van der Waals surface area contributed by atoms with E-state index in [-0.39, 0.29) is 11.3 Å². The molecule has 0 N–H and O–H groups in total. The number of rotatable bonds is 9. The molecular formula is C29H31N3O3. The van der Waals surface area contributed by atoms with E-state index in [1.807, 2.05) is 75.6 Å². The number of aromatic nitrogens is 2. The molecule has 0 aliphatic heterocycles. The Kier molecular flexibility index (Phi) is 7.42. The maximum Gasteiger partial charge on any atom is 0.261 e. The molecule has 0 aliphatic rings. The second-order valence-corrected chi connectivity index (χ2v) is 9.06. The Bertz CT molecular complexity index is 1390. The first-order valence-corrected chi connectivity index (χ1v) is 11.8. The molecule has 35 heavy (non-hydrogen) atoms. The maximum absolute atomic E-state index is 12.9. The molecule has 0 radical (unpaired) electrons. The predicted molar refractivity (Wildman–Crippen MR) is 139 cm³/mol. The number of hydrogen-bond acceptors (Lipinski definition) is 5. The van der Waals surface area contributed by atoms with E-state index in [0.717, 1.165) is 41.2 Å². The van der Waals surface area contributed by atoms with Gasteiger partial charge in [-0.15, -0.1) is 0 Å². The lowest BCUT2D eigenvalue weighted by Crippen LogP contribution is -2.23. The molecule has 0 saturated heterocycles. The first kappa shape index (κ1) is 24.4. The van der Waals surface area contributed by atoms with Crippen molar-refractivity contribution in [3.63, 3.8) is 0 Å².